The van der Waals surface area contributed by atoms with Gasteiger partial charge in [0.1, 0.15) is 0 Å². The summed E-state index contributed by atoms with van der Waals surface area (Å²) in [6, 6.07) is 4.94. The maximum atomic E-state index is 6.11. The van der Waals surface area contributed by atoms with Crippen LogP contribution < -0.4 is 5.32 Å². The normalized spacial score (nSPS) is 15.1. The number of thiophene rings is 1. The fourth-order valence-corrected chi connectivity index (χ4v) is 3.72. The second kappa shape index (κ2) is 8.92. The molecule has 0 bridgehead atoms. The van der Waals surface area contributed by atoms with Crippen molar-refractivity contribution in [2.75, 3.05) is 13.2 Å². The molecule has 1 rings (SSSR count). The minimum atomic E-state index is 0.145. The lowest BCUT2D eigenvalue weighted by Crippen LogP contribution is -2.49. The summed E-state index contributed by atoms with van der Waals surface area (Å²) in [5.74, 6) is 0. The van der Waals surface area contributed by atoms with Crippen LogP contribution in [0.2, 0.25) is 0 Å². The van der Waals surface area contributed by atoms with Crippen LogP contribution in [0.5, 0.6) is 0 Å². The molecule has 21 heavy (non-hydrogen) atoms. The van der Waals surface area contributed by atoms with Crippen molar-refractivity contribution in [3.8, 4) is 0 Å². The maximum absolute atomic E-state index is 6.11. The Labute approximate surface area is 135 Å². The Morgan fingerprint density at radius 2 is 1.81 bits per heavy atom. The van der Waals surface area contributed by atoms with Gasteiger partial charge in [0.05, 0.1) is 6.10 Å². The van der Waals surface area contributed by atoms with Crippen LogP contribution in [0.15, 0.2) is 12.1 Å². The van der Waals surface area contributed by atoms with Gasteiger partial charge in [0.25, 0.3) is 0 Å². The number of ether oxygens (including phenoxy) is 1. The lowest BCUT2D eigenvalue weighted by atomic mass is 9.83. The highest BCUT2D eigenvalue weighted by molar-refractivity contribution is 7.11. The molecule has 0 spiro atoms. The van der Waals surface area contributed by atoms with Crippen LogP contribution in [-0.4, -0.2) is 25.3 Å². The zero-order valence-electron chi connectivity index (χ0n) is 14.7. The SMILES string of the molecule is CCCNC(Cc1ccc(CC)s1)C(OCC)C(C)(C)C. The predicted molar refractivity (Wildman–Crippen MR) is 94.4 cm³/mol. The van der Waals surface area contributed by atoms with Crippen LogP contribution >= 0.6 is 11.3 Å². The molecule has 2 nitrogen and oxygen atoms in total. The molecule has 2 atom stereocenters. The molecule has 1 heterocycles. The van der Waals surface area contributed by atoms with Gasteiger partial charge < -0.3 is 10.1 Å². The predicted octanol–water partition coefficient (Wildman–Crippen LogP) is 4.67. The second-order valence-corrected chi connectivity index (χ2v) is 7.98. The van der Waals surface area contributed by atoms with Crippen molar-refractivity contribution in [2.45, 2.75) is 73.0 Å². The highest BCUT2D eigenvalue weighted by Gasteiger charge is 2.32. The summed E-state index contributed by atoms with van der Waals surface area (Å²) in [5, 5.41) is 3.72. The molecule has 0 amide bonds. The van der Waals surface area contributed by atoms with E-state index in [-0.39, 0.29) is 11.5 Å². The summed E-state index contributed by atoms with van der Waals surface area (Å²) >= 11 is 1.95. The largest absolute Gasteiger partial charge is 0.376 e. The molecule has 3 heteroatoms. The van der Waals surface area contributed by atoms with Gasteiger partial charge in [0.15, 0.2) is 0 Å². The van der Waals surface area contributed by atoms with Crippen LogP contribution in [0.25, 0.3) is 0 Å². The summed E-state index contributed by atoms with van der Waals surface area (Å²) in [7, 11) is 0. The minimum Gasteiger partial charge on any atom is -0.376 e. The molecule has 1 aromatic rings. The summed E-state index contributed by atoms with van der Waals surface area (Å²) in [4.78, 5) is 2.94. The van der Waals surface area contributed by atoms with Gasteiger partial charge in [-0.05, 0) is 50.3 Å². The Morgan fingerprint density at radius 1 is 1.14 bits per heavy atom. The smallest absolute Gasteiger partial charge is 0.0779 e. The topological polar surface area (TPSA) is 21.3 Å². The molecule has 0 fully saturated rings. The van der Waals surface area contributed by atoms with E-state index in [2.05, 4.69) is 59.0 Å². The van der Waals surface area contributed by atoms with Gasteiger partial charge in [-0.25, -0.2) is 0 Å². The Balaban J connectivity index is 2.85. The van der Waals surface area contributed by atoms with Crippen molar-refractivity contribution in [2.24, 2.45) is 5.41 Å². The van der Waals surface area contributed by atoms with E-state index in [1.165, 1.54) is 9.75 Å². The molecule has 1 N–H and O–H groups in total. The zero-order valence-corrected chi connectivity index (χ0v) is 15.5. The molecule has 2 unspecified atom stereocenters. The summed E-state index contributed by atoms with van der Waals surface area (Å²) in [5.41, 5.74) is 0.145. The summed E-state index contributed by atoms with van der Waals surface area (Å²) in [6.07, 6.45) is 3.59. The molecule has 0 aromatic carbocycles. The van der Waals surface area contributed by atoms with Crippen LogP contribution in [0, 0.1) is 5.41 Å². The van der Waals surface area contributed by atoms with E-state index in [1.807, 2.05) is 11.3 Å². The minimum absolute atomic E-state index is 0.145. The Morgan fingerprint density at radius 3 is 2.29 bits per heavy atom. The lowest BCUT2D eigenvalue weighted by Gasteiger charge is -2.37. The van der Waals surface area contributed by atoms with Crippen LogP contribution in [-0.2, 0) is 17.6 Å². The van der Waals surface area contributed by atoms with Crippen LogP contribution in [0.1, 0.15) is 57.7 Å². The van der Waals surface area contributed by atoms with Gasteiger partial charge in [-0.1, -0.05) is 34.6 Å². The van der Waals surface area contributed by atoms with Crippen molar-refractivity contribution in [3.63, 3.8) is 0 Å². The van der Waals surface area contributed by atoms with Gasteiger partial charge in [-0.15, -0.1) is 11.3 Å². The molecular formula is C18H33NOS. The highest BCUT2D eigenvalue weighted by atomic mass is 32.1. The molecule has 0 saturated heterocycles. The molecule has 0 aliphatic rings. The van der Waals surface area contributed by atoms with E-state index < -0.39 is 0 Å². The monoisotopic (exact) mass is 311 g/mol. The molecule has 1 aromatic heterocycles. The lowest BCUT2D eigenvalue weighted by molar-refractivity contribution is -0.0353. The Bertz CT molecular complexity index is 394. The van der Waals surface area contributed by atoms with Gasteiger partial charge >= 0.3 is 0 Å². The third-order valence-electron chi connectivity index (χ3n) is 3.71. The third-order valence-corrected chi connectivity index (χ3v) is 4.96. The van der Waals surface area contributed by atoms with E-state index in [4.69, 9.17) is 4.74 Å². The van der Waals surface area contributed by atoms with E-state index in [0.29, 0.717) is 6.04 Å². The molecular weight excluding hydrogens is 278 g/mol. The standard InChI is InChI=1S/C18H33NOS/c1-7-12-19-16(17(20-9-3)18(4,5)6)13-15-11-10-14(8-2)21-15/h10-11,16-17,19H,7-9,12-13H2,1-6H3. The first-order valence-electron chi connectivity index (χ1n) is 8.34. The number of hydrogen-bond acceptors (Lipinski definition) is 3. The first-order chi connectivity index (χ1) is 9.92. The van der Waals surface area contributed by atoms with Crippen molar-refractivity contribution >= 4 is 11.3 Å². The van der Waals surface area contributed by atoms with E-state index in [9.17, 15) is 0 Å². The maximum Gasteiger partial charge on any atom is 0.0779 e. The zero-order chi connectivity index (χ0) is 15.9. The van der Waals surface area contributed by atoms with Gasteiger partial charge in [0.2, 0.25) is 0 Å². The van der Waals surface area contributed by atoms with Crippen LogP contribution in [0.3, 0.4) is 0 Å². The summed E-state index contributed by atoms with van der Waals surface area (Å²) in [6.45, 7) is 15.2. The molecule has 122 valence electrons. The van der Waals surface area contributed by atoms with Crippen molar-refractivity contribution in [1.82, 2.24) is 5.32 Å². The van der Waals surface area contributed by atoms with Gasteiger partial charge in [0, 0.05) is 22.4 Å². The van der Waals surface area contributed by atoms with Crippen LogP contribution in [0.4, 0.5) is 0 Å². The first kappa shape index (κ1) is 18.7. The number of hydrogen-bond donors (Lipinski definition) is 1. The van der Waals surface area contributed by atoms with Gasteiger partial charge in [-0.2, -0.15) is 0 Å². The fourth-order valence-electron chi connectivity index (χ4n) is 2.70. The first-order valence-corrected chi connectivity index (χ1v) is 9.16. The summed E-state index contributed by atoms with van der Waals surface area (Å²) < 4.78 is 6.11. The highest BCUT2D eigenvalue weighted by Crippen LogP contribution is 2.28. The molecule has 0 aliphatic heterocycles. The number of rotatable bonds is 9. The fraction of sp³-hybridized carbons (Fsp3) is 0.778. The average molecular weight is 312 g/mol. The number of nitrogens with one attached hydrogen (secondary N) is 1. The Hall–Kier alpha value is -0.380. The van der Waals surface area contributed by atoms with Crippen molar-refractivity contribution in [1.29, 1.82) is 0 Å². The van der Waals surface area contributed by atoms with Crippen molar-refractivity contribution < 1.29 is 4.74 Å². The van der Waals surface area contributed by atoms with Crippen molar-refractivity contribution in [3.05, 3.63) is 21.9 Å². The molecule has 0 saturated carbocycles. The van der Waals surface area contributed by atoms with E-state index in [1.54, 1.807) is 0 Å². The molecule has 0 aliphatic carbocycles. The molecule has 0 radical (unpaired) electrons. The second-order valence-electron chi connectivity index (χ2n) is 6.73. The Kier molecular flexibility index (Phi) is 7.93. The average Bonchev–Trinajstić information content (AvgIpc) is 2.87. The van der Waals surface area contributed by atoms with Gasteiger partial charge in [-0.3, -0.25) is 0 Å². The number of aryl methyl sites for hydroxylation is 1. The quantitative estimate of drug-likeness (QED) is 0.715. The van der Waals surface area contributed by atoms with E-state index in [0.717, 1.165) is 32.4 Å². The third kappa shape index (κ3) is 6.09. The van der Waals surface area contributed by atoms with E-state index >= 15 is 0 Å².